The highest BCUT2D eigenvalue weighted by Gasteiger charge is 2.27. The molecule has 3 rings (SSSR count). The fraction of sp³-hybridized carbons (Fsp3) is 0.158. The van der Waals surface area contributed by atoms with Gasteiger partial charge in [0.25, 0.3) is 11.6 Å². The van der Waals surface area contributed by atoms with Crippen LogP contribution in [0, 0.1) is 10.1 Å². The lowest BCUT2D eigenvalue weighted by Gasteiger charge is -2.17. The maximum Gasteiger partial charge on any atom is 0.269 e. The lowest BCUT2D eigenvalue weighted by atomic mass is 10.1. The van der Waals surface area contributed by atoms with Crippen LogP contribution in [0.15, 0.2) is 55.1 Å². The van der Waals surface area contributed by atoms with E-state index in [0.717, 1.165) is 11.1 Å². The molecule has 0 spiro atoms. The number of nitrogens with zero attached hydrogens (tertiary/aromatic N) is 2. The van der Waals surface area contributed by atoms with Crippen molar-refractivity contribution in [1.29, 1.82) is 0 Å². The Morgan fingerprint density at radius 1 is 1.23 bits per heavy atom. The van der Waals surface area contributed by atoms with Crippen LogP contribution >= 0.6 is 0 Å². The maximum absolute atomic E-state index is 12.8. The molecule has 0 bridgehead atoms. The van der Waals surface area contributed by atoms with Crippen molar-refractivity contribution < 1.29 is 14.5 Å². The highest BCUT2D eigenvalue weighted by atomic mass is 16.6. The molecule has 132 valence electrons. The van der Waals surface area contributed by atoms with Crippen molar-refractivity contribution in [2.45, 2.75) is 13.0 Å². The number of nitro groups is 1. The maximum atomic E-state index is 12.8. The van der Waals surface area contributed by atoms with E-state index >= 15 is 0 Å². The highest BCUT2D eigenvalue weighted by molar-refractivity contribution is 6.07. The predicted molar refractivity (Wildman–Crippen MR) is 97.0 cm³/mol. The molecule has 2 aromatic rings. The van der Waals surface area contributed by atoms with Crippen LogP contribution < -0.4 is 10.2 Å². The van der Waals surface area contributed by atoms with Gasteiger partial charge in [-0.2, -0.15) is 0 Å². The van der Waals surface area contributed by atoms with Crippen LogP contribution in [-0.4, -0.2) is 23.3 Å². The van der Waals surface area contributed by atoms with Crippen molar-refractivity contribution in [2.75, 3.05) is 11.4 Å². The van der Waals surface area contributed by atoms with E-state index in [4.69, 9.17) is 0 Å². The van der Waals surface area contributed by atoms with Gasteiger partial charge in [0.1, 0.15) is 0 Å². The fourth-order valence-electron chi connectivity index (χ4n) is 2.90. The Morgan fingerprint density at radius 2 is 1.96 bits per heavy atom. The second-order valence-corrected chi connectivity index (χ2v) is 5.90. The van der Waals surface area contributed by atoms with E-state index in [0.29, 0.717) is 30.8 Å². The Balaban J connectivity index is 1.74. The normalized spacial score (nSPS) is 12.4. The van der Waals surface area contributed by atoms with E-state index in [1.165, 1.54) is 18.2 Å². The number of rotatable bonds is 5. The number of hydrogen-bond acceptors (Lipinski definition) is 4. The summed E-state index contributed by atoms with van der Waals surface area (Å²) in [5.74, 6) is -0.410. The molecule has 0 fully saturated rings. The lowest BCUT2D eigenvalue weighted by Crippen LogP contribution is -2.28. The summed E-state index contributed by atoms with van der Waals surface area (Å²) in [7, 11) is 0. The molecule has 0 aromatic heterocycles. The summed E-state index contributed by atoms with van der Waals surface area (Å²) in [6.07, 6.45) is 1.79. The van der Waals surface area contributed by atoms with E-state index in [9.17, 15) is 19.7 Å². The van der Waals surface area contributed by atoms with E-state index in [1.54, 1.807) is 35.2 Å². The number of anilines is 1. The minimum Gasteiger partial charge on any atom is -0.348 e. The molecule has 0 saturated carbocycles. The minimum absolute atomic E-state index is 0.0315. The summed E-state index contributed by atoms with van der Waals surface area (Å²) in [6, 6.07) is 11.5. The van der Waals surface area contributed by atoms with Gasteiger partial charge in [-0.15, -0.1) is 0 Å². The second-order valence-electron chi connectivity index (χ2n) is 5.90. The first-order valence-corrected chi connectivity index (χ1v) is 8.08. The Labute approximate surface area is 150 Å². The Bertz CT molecular complexity index is 890. The Hall–Kier alpha value is -3.48. The van der Waals surface area contributed by atoms with Gasteiger partial charge in [-0.05, 0) is 41.8 Å². The molecule has 0 atom stereocenters. The van der Waals surface area contributed by atoms with Crippen molar-refractivity contribution >= 4 is 23.2 Å². The monoisotopic (exact) mass is 351 g/mol. The highest BCUT2D eigenvalue weighted by Crippen LogP contribution is 2.32. The van der Waals surface area contributed by atoms with Crippen molar-refractivity contribution in [3.05, 3.63) is 81.9 Å². The van der Waals surface area contributed by atoms with Gasteiger partial charge in [-0.25, -0.2) is 0 Å². The molecule has 1 N–H and O–H groups in total. The van der Waals surface area contributed by atoms with Crippen LogP contribution in [0.5, 0.6) is 0 Å². The van der Waals surface area contributed by atoms with Gasteiger partial charge in [-0.3, -0.25) is 19.7 Å². The summed E-state index contributed by atoms with van der Waals surface area (Å²) < 4.78 is 0. The van der Waals surface area contributed by atoms with Crippen LogP contribution in [0.1, 0.15) is 21.5 Å². The molecule has 2 amide bonds. The molecular formula is C19H17N3O4. The molecule has 0 saturated heterocycles. The molecule has 2 aromatic carbocycles. The molecule has 1 aliphatic heterocycles. The number of nitrogens with one attached hydrogen (secondary N) is 1. The summed E-state index contributed by atoms with van der Waals surface area (Å²) in [5.41, 5.74) is 2.94. The zero-order chi connectivity index (χ0) is 18.7. The van der Waals surface area contributed by atoms with E-state index < -0.39 is 4.92 Å². The number of fused-ring (bicyclic) bond motifs is 1. The van der Waals surface area contributed by atoms with Gasteiger partial charge in [0.15, 0.2) is 0 Å². The van der Waals surface area contributed by atoms with E-state index in [-0.39, 0.29) is 17.5 Å². The summed E-state index contributed by atoms with van der Waals surface area (Å²) in [4.78, 5) is 36.0. The number of nitro benzene ring substituents is 1. The molecule has 1 aliphatic rings. The molecule has 1 heterocycles. The molecule has 0 aliphatic carbocycles. The van der Waals surface area contributed by atoms with E-state index in [2.05, 4.69) is 11.9 Å². The van der Waals surface area contributed by atoms with Crippen LogP contribution in [-0.2, 0) is 17.8 Å². The summed E-state index contributed by atoms with van der Waals surface area (Å²) in [5, 5.41) is 13.6. The zero-order valence-corrected chi connectivity index (χ0v) is 14.0. The number of amides is 2. The molecular weight excluding hydrogens is 334 g/mol. The van der Waals surface area contributed by atoms with Crippen molar-refractivity contribution in [2.24, 2.45) is 0 Å². The Morgan fingerprint density at radius 3 is 2.62 bits per heavy atom. The number of non-ortho nitro benzene ring substituents is 1. The molecule has 0 radical (unpaired) electrons. The van der Waals surface area contributed by atoms with Gasteiger partial charge < -0.3 is 10.2 Å². The van der Waals surface area contributed by atoms with Crippen LogP contribution in [0.3, 0.4) is 0 Å². The number of hydrogen-bond donors (Lipinski definition) is 1. The van der Waals surface area contributed by atoms with Crippen molar-refractivity contribution in [3.63, 3.8) is 0 Å². The molecule has 7 nitrogen and oxygen atoms in total. The van der Waals surface area contributed by atoms with E-state index in [1.807, 2.05) is 0 Å². The van der Waals surface area contributed by atoms with Gasteiger partial charge in [0.2, 0.25) is 5.91 Å². The SMILES string of the molecule is C=CC(=O)NCc1ccc(C(=O)N2CCc3cc([N+](=O)[O-])ccc32)cc1. The van der Waals surface area contributed by atoms with Crippen molar-refractivity contribution in [3.8, 4) is 0 Å². The average molecular weight is 351 g/mol. The lowest BCUT2D eigenvalue weighted by molar-refractivity contribution is -0.384. The first-order chi connectivity index (χ1) is 12.5. The van der Waals surface area contributed by atoms with Crippen LogP contribution in [0.25, 0.3) is 0 Å². The molecule has 26 heavy (non-hydrogen) atoms. The number of benzene rings is 2. The number of carbonyl (C=O) groups excluding carboxylic acids is 2. The van der Waals surface area contributed by atoms with Gasteiger partial charge in [0, 0.05) is 36.5 Å². The first-order valence-electron chi connectivity index (χ1n) is 8.08. The quantitative estimate of drug-likeness (QED) is 0.509. The van der Waals surface area contributed by atoms with Crippen LogP contribution in [0.4, 0.5) is 11.4 Å². The smallest absolute Gasteiger partial charge is 0.269 e. The summed E-state index contributed by atoms with van der Waals surface area (Å²) >= 11 is 0. The van der Waals surface area contributed by atoms with Crippen molar-refractivity contribution in [1.82, 2.24) is 5.32 Å². The largest absolute Gasteiger partial charge is 0.348 e. The number of carbonyl (C=O) groups is 2. The third kappa shape index (κ3) is 3.46. The third-order valence-corrected chi connectivity index (χ3v) is 4.27. The van der Waals surface area contributed by atoms with Gasteiger partial charge >= 0.3 is 0 Å². The summed E-state index contributed by atoms with van der Waals surface area (Å²) in [6.45, 7) is 4.24. The predicted octanol–water partition coefficient (Wildman–Crippen LogP) is 2.60. The first kappa shape index (κ1) is 17.3. The Kier molecular flexibility index (Phi) is 4.79. The molecule has 7 heteroatoms. The topological polar surface area (TPSA) is 92.6 Å². The average Bonchev–Trinajstić information content (AvgIpc) is 3.09. The standard InChI is InChI=1S/C19H17N3O4/c1-2-18(23)20-12-13-3-5-14(6-4-13)19(24)21-10-9-15-11-16(22(25)26)7-8-17(15)21/h2-8,11H,1,9-10,12H2,(H,20,23). The second kappa shape index (κ2) is 7.18. The fourth-order valence-corrected chi connectivity index (χ4v) is 2.90. The van der Waals surface area contributed by atoms with Gasteiger partial charge in [-0.1, -0.05) is 18.7 Å². The van der Waals surface area contributed by atoms with Crippen LogP contribution in [0.2, 0.25) is 0 Å². The van der Waals surface area contributed by atoms with Gasteiger partial charge in [0.05, 0.1) is 4.92 Å². The molecule has 0 unspecified atom stereocenters. The minimum atomic E-state index is -0.436. The zero-order valence-electron chi connectivity index (χ0n) is 14.0. The third-order valence-electron chi connectivity index (χ3n) is 4.27.